The van der Waals surface area contributed by atoms with Crippen molar-refractivity contribution in [1.29, 1.82) is 0 Å². The molecule has 2 N–H and O–H groups in total. The highest BCUT2D eigenvalue weighted by Gasteiger charge is 2.23. The topological polar surface area (TPSA) is 70.7 Å². The number of carbonyl (C=O) groups is 2. The van der Waals surface area contributed by atoms with E-state index in [1.807, 2.05) is 12.1 Å². The molecule has 0 radical (unpaired) electrons. The molecular weight excluding hydrogens is 354 g/mol. The lowest BCUT2D eigenvalue weighted by atomic mass is 10.0. The van der Waals surface area contributed by atoms with Crippen molar-refractivity contribution in [2.24, 2.45) is 5.92 Å². The normalized spacial score (nSPS) is 18.5. The minimum absolute atomic E-state index is 0.0611. The van der Waals surface area contributed by atoms with E-state index in [2.05, 4.69) is 15.5 Å². The van der Waals surface area contributed by atoms with Gasteiger partial charge in [0, 0.05) is 38.7 Å². The molecule has 144 valence electrons. The Labute approximate surface area is 160 Å². The van der Waals surface area contributed by atoms with E-state index in [-0.39, 0.29) is 24.3 Å². The summed E-state index contributed by atoms with van der Waals surface area (Å²) in [5, 5.41) is 6.48. The number of carbonyl (C=O) groups excluding carboxylic acids is 2. The summed E-state index contributed by atoms with van der Waals surface area (Å²) in [5.41, 5.74) is 0.867. The first kappa shape index (κ1) is 20.7. The number of amides is 2. The minimum Gasteiger partial charge on any atom is -0.383 e. The van der Waals surface area contributed by atoms with Crippen molar-refractivity contribution in [3.63, 3.8) is 0 Å². The Morgan fingerprint density at radius 2 is 2.08 bits per heavy atom. The molecule has 0 bridgehead atoms. The highest BCUT2D eigenvalue weighted by Crippen LogP contribution is 2.20. The molecule has 6 nitrogen and oxygen atoms in total. The van der Waals surface area contributed by atoms with E-state index in [9.17, 15) is 9.59 Å². The Kier molecular flexibility index (Phi) is 8.35. The number of likely N-dealkylation sites (tertiary alicyclic amines) is 1. The van der Waals surface area contributed by atoms with Gasteiger partial charge in [-0.1, -0.05) is 23.7 Å². The fourth-order valence-electron chi connectivity index (χ4n) is 3.21. The first-order valence-electron chi connectivity index (χ1n) is 8.98. The second kappa shape index (κ2) is 10.5. The molecule has 1 aromatic carbocycles. The van der Waals surface area contributed by atoms with E-state index in [4.69, 9.17) is 16.3 Å². The molecule has 1 saturated heterocycles. The van der Waals surface area contributed by atoms with E-state index in [1.165, 1.54) is 6.92 Å². The smallest absolute Gasteiger partial charge is 0.222 e. The molecule has 1 aliphatic rings. The van der Waals surface area contributed by atoms with Gasteiger partial charge in [-0.25, -0.2) is 0 Å². The summed E-state index contributed by atoms with van der Waals surface area (Å²) < 4.78 is 5.11. The Bertz CT molecular complexity index is 594. The number of hydrogen-bond acceptors (Lipinski definition) is 4. The SMILES string of the molecule is COCCN1CCC(CNC(=O)CC(NC(C)=O)c2ccc(Cl)cc2)C1. The molecule has 1 aliphatic heterocycles. The fourth-order valence-corrected chi connectivity index (χ4v) is 3.34. The molecule has 2 unspecified atom stereocenters. The van der Waals surface area contributed by atoms with Gasteiger partial charge in [0.25, 0.3) is 0 Å². The Hall–Kier alpha value is -1.63. The van der Waals surface area contributed by atoms with E-state index in [0.29, 0.717) is 17.5 Å². The van der Waals surface area contributed by atoms with Crippen LogP contribution in [0.4, 0.5) is 0 Å². The highest BCUT2D eigenvalue weighted by atomic mass is 35.5. The van der Waals surface area contributed by atoms with Crippen LogP contribution in [0.1, 0.15) is 31.4 Å². The summed E-state index contributed by atoms with van der Waals surface area (Å²) in [6, 6.07) is 6.83. The summed E-state index contributed by atoms with van der Waals surface area (Å²) in [6.45, 7) is 5.81. The van der Waals surface area contributed by atoms with Crippen LogP contribution in [0.2, 0.25) is 5.02 Å². The number of methoxy groups -OCH3 is 1. The molecular formula is C19H28ClN3O3. The fraction of sp³-hybridized carbons (Fsp3) is 0.579. The van der Waals surface area contributed by atoms with Crippen LogP contribution in [0.25, 0.3) is 0 Å². The summed E-state index contributed by atoms with van der Waals surface area (Å²) in [5.74, 6) is 0.238. The van der Waals surface area contributed by atoms with E-state index >= 15 is 0 Å². The number of ether oxygens (including phenoxy) is 1. The lowest BCUT2D eigenvalue weighted by Crippen LogP contribution is -2.35. The van der Waals surface area contributed by atoms with Crippen molar-refractivity contribution in [2.45, 2.75) is 25.8 Å². The predicted molar refractivity (Wildman–Crippen MR) is 102 cm³/mol. The maximum absolute atomic E-state index is 12.4. The van der Waals surface area contributed by atoms with Gasteiger partial charge in [0.15, 0.2) is 0 Å². The van der Waals surface area contributed by atoms with Crippen molar-refractivity contribution in [1.82, 2.24) is 15.5 Å². The number of rotatable bonds is 9. The first-order valence-corrected chi connectivity index (χ1v) is 9.36. The van der Waals surface area contributed by atoms with Crippen molar-refractivity contribution in [3.8, 4) is 0 Å². The van der Waals surface area contributed by atoms with E-state index < -0.39 is 0 Å². The van der Waals surface area contributed by atoms with Gasteiger partial charge in [-0.05, 0) is 36.6 Å². The van der Waals surface area contributed by atoms with Crippen LogP contribution in [0.15, 0.2) is 24.3 Å². The zero-order chi connectivity index (χ0) is 18.9. The molecule has 26 heavy (non-hydrogen) atoms. The van der Waals surface area contributed by atoms with Gasteiger partial charge in [-0.3, -0.25) is 9.59 Å². The van der Waals surface area contributed by atoms with Gasteiger partial charge in [0.05, 0.1) is 19.1 Å². The number of hydrogen-bond donors (Lipinski definition) is 2. The maximum atomic E-state index is 12.4. The second-order valence-corrected chi connectivity index (χ2v) is 7.20. The largest absolute Gasteiger partial charge is 0.383 e. The second-order valence-electron chi connectivity index (χ2n) is 6.76. The van der Waals surface area contributed by atoms with Crippen LogP contribution >= 0.6 is 11.6 Å². The van der Waals surface area contributed by atoms with Crippen LogP contribution in [-0.2, 0) is 14.3 Å². The van der Waals surface area contributed by atoms with Gasteiger partial charge in [0.2, 0.25) is 11.8 Å². The molecule has 2 amide bonds. The van der Waals surface area contributed by atoms with Gasteiger partial charge in [0.1, 0.15) is 0 Å². The summed E-state index contributed by atoms with van der Waals surface area (Å²) in [4.78, 5) is 26.2. The van der Waals surface area contributed by atoms with Gasteiger partial charge in [-0.15, -0.1) is 0 Å². The molecule has 1 aromatic rings. The minimum atomic E-state index is -0.355. The zero-order valence-electron chi connectivity index (χ0n) is 15.5. The quantitative estimate of drug-likeness (QED) is 0.686. The average molecular weight is 382 g/mol. The first-order chi connectivity index (χ1) is 12.5. The van der Waals surface area contributed by atoms with Crippen LogP contribution in [-0.4, -0.2) is 56.6 Å². The molecule has 0 aromatic heterocycles. The van der Waals surface area contributed by atoms with Crippen LogP contribution in [0, 0.1) is 5.92 Å². The van der Waals surface area contributed by atoms with E-state index in [0.717, 1.165) is 38.2 Å². The summed E-state index contributed by atoms with van der Waals surface area (Å²) in [6.07, 6.45) is 1.29. The molecule has 0 saturated carbocycles. The van der Waals surface area contributed by atoms with Crippen LogP contribution in [0.3, 0.4) is 0 Å². The standard InChI is InChI=1S/C19H28ClN3O3/c1-14(24)22-18(16-3-5-17(20)6-4-16)11-19(25)21-12-15-7-8-23(13-15)9-10-26-2/h3-6,15,18H,7-13H2,1-2H3,(H,21,25)(H,22,24). The Morgan fingerprint density at radius 1 is 1.35 bits per heavy atom. The third-order valence-corrected chi connectivity index (χ3v) is 4.86. The lowest BCUT2D eigenvalue weighted by Gasteiger charge is -2.19. The molecule has 0 spiro atoms. The monoisotopic (exact) mass is 381 g/mol. The van der Waals surface area contributed by atoms with Gasteiger partial charge >= 0.3 is 0 Å². The maximum Gasteiger partial charge on any atom is 0.222 e. The zero-order valence-corrected chi connectivity index (χ0v) is 16.2. The molecule has 1 heterocycles. The average Bonchev–Trinajstić information content (AvgIpc) is 3.06. The number of nitrogens with one attached hydrogen (secondary N) is 2. The molecule has 2 rings (SSSR count). The Balaban J connectivity index is 1.81. The lowest BCUT2D eigenvalue weighted by molar-refractivity contribution is -0.122. The third-order valence-electron chi connectivity index (χ3n) is 4.61. The van der Waals surface area contributed by atoms with Crippen LogP contribution < -0.4 is 10.6 Å². The summed E-state index contributed by atoms with van der Waals surface area (Å²) >= 11 is 5.92. The third kappa shape index (κ3) is 6.94. The molecule has 0 aliphatic carbocycles. The van der Waals surface area contributed by atoms with Crippen LogP contribution in [0.5, 0.6) is 0 Å². The van der Waals surface area contributed by atoms with Gasteiger partial charge < -0.3 is 20.3 Å². The van der Waals surface area contributed by atoms with Crippen molar-refractivity contribution in [2.75, 3.05) is 39.9 Å². The molecule has 2 atom stereocenters. The number of benzene rings is 1. The van der Waals surface area contributed by atoms with Crippen molar-refractivity contribution in [3.05, 3.63) is 34.9 Å². The van der Waals surface area contributed by atoms with E-state index in [1.54, 1.807) is 19.2 Å². The molecule has 1 fully saturated rings. The number of halogens is 1. The Morgan fingerprint density at radius 3 is 2.73 bits per heavy atom. The van der Waals surface area contributed by atoms with Crippen molar-refractivity contribution < 1.29 is 14.3 Å². The van der Waals surface area contributed by atoms with Crippen molar-refractivity contribution >= 4 is 23.4 Å². The summed E-state index contributed by atoms with van der Waals surface area (Å²) in [7, 11) is 1.71. The van der Waals surface area contributed by atoms with Gasteiger partial charge in [-0.2, -0.15) is 0 Å². The molecule has 7 heteroatoms. The number of nitrogens with zero attached hydrogens (tertiary/aromatic N) is 1. The predicted octanol–water partition coefficient (Wildman–Crippen LogP) is 1.99. The highest BCUT2D eigenvalue weighted by molar-refractivity contribution is 6.30.